The van der Waals surface area contributed by atoms with E-state index >= 15 is 0 Å². The molecule has 3 aromatic rings. The molecule has 2 aromatic carbocycles. The summed E-state index contributed by atoms with van der Waals surface area (Å²) in [6, 6.07) is 15.8. The van der Waals surface area contributed by atoms with E-state index in [0.717, 1.165) is 21.9 Å². The van der Waals surface area contributed by atoms with Crippen LogP contribution >= 0.6 is 0 Å². The fraction of sp³-hybridized carbons (Fsp3) is 0.167. The van der Waals surface area contributed by atoms with Crippen molar-refractivity contribution < 1.29 is 5.11 Å². The van der Waals surface area contributed by atoms with Crippen molar-refractivity contribution in [3.63, 3.8) is 0 Å². The number of aromatic nitrogens is 1. The quantitative estimate of drug-likeness (QED) is 0.795. The van der Waals surface area contributed by atoms with Gasteiger partial charge in [0, 0.05) is 18.0 Å². The first-order chi connectivity index (χ1) is 10.2. The number of pyridine rings is 1. The summed E-state index contributed by atoms with van der Waals surface area (Å²) in [5, 5.41) is 12.6. The van der Waals surface area contributed by atoms with Gasteiger partial charge in [-0.15, -0.1) is 0 Å². The Labute approximate surface area is 124 Å². The molecular weight excluding hydrogens is 260 g/mol. The Hall–Kier alpha value is -2.39. The number of fused-ring (bicyclic) bond motifs is 1. The predicted molar refractivity (Wildman–Crippen MR) is 85.4 cm³/mol. The zero-order chi connectivity index (χ0) is 14.8. The van der Waals surface area contributed by atoms with Gasteiger partial charge >= 0.3 is 0 Å². The van der Waals surface area contributed by atoms with Crippen molar-refractivity contribution in [2.24, 2.45) is 0 Å². The van der Waals surface area contributed by atoms with E-state index in [-0.39, 0.29) is 6.04 Å². The van der Waals surface area contributed by atoms with E-state index in [4.69, 9.17) is 0 Å². The lowest BCUT2D eigenvalue weighted by molar-refractivity contribution is 0.333. The van der Waals surface area contributed by atoms with Crippen LogP contribution in [0.15, 0.2) is 60.9 Å². The maximum Gasteiger partial charge on any atom is 0.121 e. The number of phenolic OH excluding ortho intramolecular Hbond substituents is 1. The van der Waals surface area contributed by atoms with Crippen molar-refractivity contribution in [1.82, 2.24) is 9.88 Å². The minimum atomic E-state index is -0.0372. The molecule has 0 amide bonds. The number of rotatable bonds is 3. The van der Waals surface area contributed by atoms with Gasteiger partial charge in [-0.25, -0.2) is 0 Å². The highest BCUT2D eigenvalue weighted by molar-refractivity contribution is 5.88. The number of hydrogen-bond acceptors (Lipinski definition) is 3. The fourth-order valence-corrected chi connectivity index (χ4v) is 2.83. The second kappa shape index (κ2) is 5.54. The second-order valence-electron chi connectivity index (χ2n) is 5.37. The van der Waals surface area contributed by atoms with Gasteiger partial charge in [0.25, 0.3) is 0 Å². The molecule has 106 valence electrons. The highest BCUT2D eigenvalue weighted by Crippen LogP contribution is 2.37. The summed E-state index contributed by atoms with van der Waals surface area (Å²) in [6.45, 7) is 0. The highest BCUT2D eigenvalue weighted by Gasteiger charge is 2.22. The summed E-state index contributed by atoms with van der Waals surface area (Å²) in [5.41, 5.74) is 1.99. The molecule has 3 rings (SSSR count). The van der Waals surface area contributed by atoms with Crippen molar-refractivity contribution in [1.29, 1.82) is 0 Å². The SMILES string of the molecule is CN(C)C(c1cccnc1)c1c(O)ccc2ccccc12. The molecule has 0 spiro atoms. The third-order valence-electron chi connectivity index (χ3n) is 3.74. The van der Waals surface area contributed by atoms with E-state index in [1.165, 1.54) is 0 Å². The molecule has 1 aromatic heterocycles. The van der Waals surface area contributed by atoms with Crippen LogP contribution in [0, 0.1) is 0 Å². The maximum absolute atomic E-state index is 10.4. The van der Waals surface area contributed by atoms with Gasteiger partial charge in [-0.3, -0.25) is 9.88 Å². The molecule has 0 fully saturated rings. The topological polar surface area (TPSA) is 36.4 Å². The van der Waals surface area contributed by atoms with Gasteiger partial charge in [0.1, 0.15) is 5.75 Å². The van der Waals surface area contributed by atoms with E-state index in [1.54, 1.807) is 12.3 Å². The van der Waals surface area contributed by atoms with Gasteiger partial charge in [-0.2, -0.15) is 0 Å². The number of nitrogens with zero attached hydrogens (tertiary/aromatic N) is 2. The van der Waals surface area contributed by atoms with Crippen LogP contribution in [0.25, 0.3) is 10.8 Å². The van der Waals surface area contributed by atoms with Gasteiger partial charge in [0.2, 0.25) is 0 Å². The molecule has 0 saturated carbocycles. The van der Waals surface area contributed by atoms with Gasteiger partial charge < -0.3 is 5.11 Å². The zero-order valence-electron chi connectivity index (χ0n) is 12.2. The molecule has 0 aliphatic carbocycles. The van der Waals surface area contributed by atoms with Crippen molar-refractivity contribution in [2.75, 3.05) is 14.1 Å². The summed E-state index contributed by atoms with van der Waals surface area (Å²) in [5.74, 6) is 0.316. The summed E-state index contributed by atoms with van der Waals surface area (Å²) < 4.78 is 0. The third-order valence-corrected chi connectivity index (χ3v) is 3.74. The minimum Gasteiger partial charge on any atom is -0.508 e. The molecule has 3 nitrogen and oxygen atoms in total. The van der Waals surface area contributed by atoms with Crippen LogP contribution < -0.4 is 0 Å². The standard InChI is InChI=1S/C18H18N2O/c1-20(2)18(14-7-5-11-19-12-14)17-15-8-4-3-6-13(15)9-10-16(17)21/h3-12,18,21H,1-2H3. The van der Waals surface area contributed by atoms with Gasteiger partial charge in [0.15, 0.2) is 0 Å². The number of benzene rings is 2. The monoisotopic (exact) mass is 278 g/mol. The predicted octanol–water partition coefficient (Wildman–Crippen LogP) is 3.59. The van der Waals surface area contributed by atoms with Crippen LogP contribution in [0.1, 0.15) is 17.2 Å². The Bertz CT molecular complexity index is 754. The van der Waals surface area contributed by atoms with Crippen LogP contribution in [0.5, 0.6) is 5.75 Å². The zero-order valence-corrected chi connectivity index (χ0v) is 12.2. The first kappa shape index (κ1) is 13.6. The first-order valence-electron chi connectivity index (χ1n) is 6.95. The molecular formula is C18H18N2O. The van der Waals surface area contributed by atoms with E-state index in [1.807, 2.05) is 50.6 Å². The van der Waals surface area contributed by atoms with Gasteiger partial charge in [0.05, 0.1) is 6.04 Å². The third kappa shape index (κ3) is 2.48. The van der Waals surface area contributed by atoms with E-state index in [2.05, 4.69) is 22.0 Å². The molecule has 1 atom stereocenters. The lowest BCUT2D eigenvalue weighted by Crippen LogP contribution is -2.21. The van der Waals surface area contributed by atoms with E-state index in [0.29, 0.717) is 5.75 Å². The van der Waals surface area contributed by atoms with Crippen molar-refractivity contribution in [2.45, 2.75) is 6.04 Å². The average Bonchev–Trinajstić information content (AvgIpc) is 2.51. The summed E-state index contributed by atoms with van der Waals surface area (Å²) in [7, 11) is 4.03. The van der Waals surface area contributed by atoms with Gasteiger partial charge in [-0.1, -0.05) is 36.4 Å². The minimum absolute atomic E-state index is 0.0372. The van der Waals surface area contributed by atoms with Gasteiger partial charge in [-0.05, 0) is 42.6 Å². The molecule has 0 bridgehead atoms. The Morgan fingerprint density at radius 3 is 2.52 bits per heavy atom. The molecule has 1 N–H and O–H groups in total. The van der Waals surface area contributed by atoms with Crippen molar-refractivity contribution in [3.8, 4) is 5.75 Å². The summed E-state index contributed by atoms with van der Waals surface area (Å²) >= 11 is 0. The highest BCUT2D eigenvalue weighted by atomic mass is 16.3. The van der Waals surface area contributed by atoms with E-state index in [9.17, 15) is 5.11 Å². The normalized spacial score (nSPS) is 12.7. The molecule has 1 unspecified atom stereocenters. The van der Waals surface area contributed by atoms with Crippen LogP contribution in [-0.2, 0) is 0 Å². The average molecular weight is 278 g/mol. The number of hydrogen-bond donors (Lipinski definition) is 1. The summed E-state index contributed by atoms with van der Waals surface area (Å²) in [6.07, 6.45) is 3.62. The Morgan fingerprint density at radius 2 is 1.81 bits per heavy atom. The number of aromatic hydroxyl groups is 1. The second-order valence-corrected chi connectivity index (χ2v) is 5.37. The largest absolute Gasteiger partial charge is 0.508 e. The molecule has 1 heterocycles. The van der Waals surface area contributed by atoms with Crippen LogP contribution in [0.3, 0.4) is 0 Å². The molecule has 3 heteroatoms. The smallest absolute Gasteiger partial charge is 0.121 e. The summed E-state index contributed by atoms with van der Waals surface area (Å²) in [4.78, 5) is 6.31. The fourth-order valence-electron chi connectivity index (χ4n) is 2.83. The molecule has 0 saturated heterocycles. The maximum atomic E-state index is 10.4. The first-order valence-corrected chi connectivity index (χ1v) is 6.95. The van der Waals surface area contributed by atoms with E-state index < -0.39 is 0 Å². The lowest BCUT2D eigenvalue weighted by Gasteiger charge is -2.27. The Balaban J connectivity index is 2.28. The molecule has 0 aliphatic rings. The Kier molecular flexibility index (Phi) is 3.59. The van der Waals surface area contributed by atoms with Crippen LogP contribution in [-0.4, -0.2) is 29.1 Å². The number of phenols is 1. The van der Waals surface area contributed by atoms with Crippen LogP contribution in [0.4, 0.5) is 0 Å². The molecule has 0 radical (unpaired) electrons. The van der Waals surface area contributed by atoms with Crippen molar-refractivity contribution >= 4 is 10.8 Å². The Morgan fingerprint density at radius 1 is 1.00 bits per heavy atom. The van der Waals surface area contributed by atoms with Crippen molar-refractivity contribution in [3.05, 3.63) is 72.1 Å². The molecule has 0 aliphatic heterocycles. The molecule has 21 heavy (non-hydrogen) atoms. The van der Waals surface area contributed by atoms with Crippen LogP contribution in [0.2, 0.25) is 0 Å². The lowest BCUT2D eigenvalue weighted by atomic mass is 9.93.